The third kappa shape index (κ3) is 24.3. The Hall–Kier alpha value is 0.906. The molecule has 0 bridgehead atoms. The quantitative estimate of drug-likeness (QED) is 0.164. The van der Waals surface area contributed by atoms with Crippen LogP contribution >= 0.6 is 0 Å². The third-order valence-corrected chi connectivity index (χ3v) is 2.57. The summed E-state index contributed by atoms with van der Waals surface area (Å²) >= 11 is 0. The van der Waals surface area contributed by atoms with Gasteiger partial charge in [0.05, 0.1) is 6.61 Å². The van der Waals surface area contributed by atoms with E-state index in [0.29, 0.717) is 6.79 Å². The molecule has 0 aromatic rings. The molecule has 0 spiro atoms. The third-order valence-electron chi connectivity index (χ3n) is 2.57. The Bertz CT molecular complexity index is 166. The zero-order chi connectivity index (χ0) is 12.6. The molecule has 0 aromatic heterocycles. The van der Waals surface area contributed by atoms with Crippen molar-refractivity contribution < 1.29 is 26.5 Å². The van der Waals surface area contributed by atoms with Gasteiger partial charge in [0.1, 0.15) is 6.79 Å². The molecular weight excluding hydrogens is 316 g/mol. The molecule has 0 atom stereocenters. The van der Waals surface area contributed by atoms with Crippen LogP contribution in [0, 0.1) is 6.92 Å². The Kier molecular flexibility index (Phi) is 31.4. The van der Waals surface area contributed by atoms with Gasteiger partial charge < -0.3 is 33.4 Å². The van der Waals surface area contributed by atoms with Crippen LogP contribution in [0.1, 0.15) is 58.3 Å². The topological polar surface area (TPSA) is 18.5 Å². The van der Waals surface area contributed by atoms with E-state index < -0.39 is 0 Å². The molecule has 2 nitrogen and oxygen atoms in total. The molecule has 0 amide bonds. The first kappa shape index (κ1) is 24.9. The molecule has 0 rings (SSSR count). The van der Waals surface area contributed by atoms with Gasteiger partial charge in [-0.1, -0.05) is 45.1 Å². The van der Waals surface area contributed by atoms with Crippen molar-refractivity contribution in [1.82, 2.24) is 0 Å². The maximum absolute atomic E-state index is 5.39. The largest absolute Gasteiger partial charge is 2.00 e. The van der Waals surface area contributed by atoms with E-state index in [4.69, 9.17) is 9.47 Å². The molecule has 0 aliphatic heterocycles. The van der Waals surface area contributed by atoms with Crippen molar-refractivity contribution in [3.05, 3.63) is 19.1 Å². The van der Waals surface area contributed by atoms with E-state index in [9.17, 15) is 0 Å². The number of hydrogen-bond donors (Lipinski definition) is 0. The minimum atomic E-state index is 0. The summed E-state index contributed by atoms with van der Waals surface area (Å²) in [5.41, 5.74) is 0. The fraction of sp³-hybridized carbons (Fsp3) is 0.800. The van der Waals surface area contributed by atoms with E-state index in [2.05, 4.69) is 26.0 Å². The van der Waals surface area contributed by atoms with Crippen LogP contribution < -0.4 is 17.0 Å². The first-order chi connectivity index (χ1) is 8.41. The smallest absolute Gasteiger partial charge is 1.00 e. The summed E-state index contributed by atoms with van der Waals surface area (Å²) in [6.07, 6.45) is 13.8. The Morgan fingerprint density at radius 1 is 0.895 bits per heavy atom. The standard InChI is InChI=1S/C15H29O2.BrH.Mg/c1-3-5-7-9-10-12-14-17-15-16-13-11-8-6-4-2;;/h6,8H,2-5,7,9-15H2,1H3;1H;/q-1;;+2/p-1/b8-6+;;. The van der Waals surface area contributed by atoms with Crippen molar-refractivity contribution in [3.63, 3.8) is 0 Å². The summed E-state index contributed by atoms with van der Waals surface area (Å²) in [7, 11) is 0. The van der Waals surface area contributed by atoms with E-state index >= 15 is 0 Å². The van der Waals surface area contributed by atoms with Crippen LogP contribution in [-0.4, -0.2) is 43.1 Å². The van der Waals surface area contributed by atoms with Gasteiger partial charge in [-0.05, 0) is 12.8 Å². The molecule has 4 heteroatoms. The van der Waals surface area contributed by atoms with Gasteiger partial charge in [0.25, 0.3) is 0 Å². The van der Waals surface area contributed by atoms with E-state index in [1.807, 2.05) is 0 Å². The number of halogens is 1. The molecule has 110 valence electrons. The summed E-state index contributed by atoms with van der Waals surface area (Å²) in [4.78, 5) is 0. The molecule has 0 fully saturated rings. The molecular formula is C15H29BrMgO2. The van der Waals surface area contributed by atoms with Gasteiger partial charge >= 0.3 is 23.1 Å². The Balaban J connectivity index is -0.00000128. The van der Waals surface area contributed by atoms with Crippen molar-refractivity contribution in [1.29, 1.82) is 0 Å². The molecule has 19 heavy (non-hydrogen) atoms. The van der Waals surface area contributed by atoms with E-state index in [0.717, 1.165) is 32.5 Å². The SMILES string of the molecule is [Br-].[CH2-]C/C=C/CCOCOCCCCCCCC.[Mg+2]. The first-order valence-corrected chi connectivity index (χ1v) is 7.01. The summed E-state index contributed by atoms with van der Waals surface area (Å²) < 4.78 is 10.7. The number of hydrogen-bond acceptors (Lipinski definition) is 2. The van der Waals surface area contributed by atoms with Crippen LogP contribution in [0.4, 0.5) is 0 Å². The molecule has 0 saturated heterocycles. The van der Waals surface area contributed by atoms with Crippen molar-refractivity contribution in [3.8, 4) is 0 Å². The summed E-state index contributed by atoms with van der Waals surface area (Å²) in [6.45, 7) is 7.99. The predicted molar refractivity (Wildman–Crippen MR) is 79.6 cm³/mol. The summed E-state index contributed by atoms with van der Waals surface area (Å²) in [6, 6.07) is 0. The van der Waals surface area contributed by atoms with E-state index in [1.165, 1.54) is 32.1 Å². The first-order valence-electron chi connectivity index (χ1n) is 7.01. The van der Waals surface area contributed by atoms with Crippen molar-refractivity contribution in [2.45, 2.75) is 58.3 Å². The molecule has 0 heterocycles. The molecule has 0 N–H and O–H groups in total. The van der Waals surface area contributed by atoms with Crippen LogP contribution in [0.3, 0.4) is 0 Å². The minimum Gasteiger partial charge on any atom is -1.00 e. The number of allylic oxidation sites excluding steroid dienone is 1. The minimum absolute atomic E-state index is 0. The Labute approximate surface area is 146 Å². The van der Waals surface area contributed by atoms with Gasteiger partial charge in [0.2, 0.25) is 0 Å². The average molecular weight is 346 g/mol. The normalized spacial score (nSPS) is 10.2. The molecule has 0 saturated carbocycles. The zero-order valence-electron chi connectivity index (χ0n) is 12.5. The molecule has 0 aliphatic carbocycles. The van der Waals surface area contributed by atoms with Gasteiger partial charge in [0.15, 0.2) is 0 Å². The van der Waals surface area contributed by atoms with Crippen LogP contribution in [0.25, 0.3) is 0 Å². The number of ether oxygens (including phenoxy) is 2. The van der Waals surface area contributed by atoms with Crippen LogP contribution in [-0.2, 0) is 9.47 Å². The summed E-state index contributed by atoms with van der Waals surface area (Å²) in [5.74, 6) is 0. The molecule has 0 unspecified atom stereocenters. The zero-order valence-corrected chi connectivity index (χ0v) is 15.5. The monoisotopic (exact) mass is 344 g/mol. The Morgan fingerprint density at radius 2 is 1.53 bits per heavy atom. The second-order valence-electron chi connectivity index (χ2n) is 4.25. The van der Waals surface area contributed by atoms with Gasteiger partial charge in [-0.25, -0.2) is 0 Å². The molecule has 0 aliphatic rings. The maximum atomic E-state index is 5.39. The maximum Gasteiger partial charge on any atom is 2.00 e. The van der Waals surface area contributed by atoms with Crippen molar-refractivity contribution in [2.75, 3.05) is 20.0 Å². The number of unbranched alkanes of at least 4 members (excludes halogenated alkanes) is 5. The fourth-order valence-corrected chi connectivity index (χ4v) is 1.55. The van der Waals surface area contributed by atoms with Gasteiger partial charge in [0, 0.05) is 6.61 Å². The van der Waals surface area contributed by atoms with Gasteiger partial charge in [-0.3, -0.25) is 0 Å². The van der Waals surface area contributed by atoms with Crippen molar-refractivity contribution >= 4 is 23.1 Å². The predicted octanol–water partition coefficient (Wildman–Crippen LogP) is 1.13. The van der Waals surface area contributed by atoms with E-state index in [-0.39, 0.29) is 40.0 Å². The van der Waals surface area contributed by atoms with Crippen LogP contribution in [0.5, 0.6) is 0 Å². The number of rotatable bonds is 13. The Morgan fingerprint density at radius 3 is 2.21 bits per heavy atom. The van der Waals surface area contributed by atoms with Crippen LogP contribution in [0.15, 0.2) is 12.2 Å². The van der Waals surface area contributed by atoms with Gasteiger partial charge in [-0.2, -0.15) is 6.42 Å². The second kappa shape index (κ2) is 24.0. The van der Waals surface area contributed by atoms with Crippen molar-refractivity contribution in [2.24, 2.45) is 0 Å². The fourth-order valence-electron chi connectivity index (χ4n) is 1.55. The van der Waals surface area contributed by atoms with Crippen LogP contribution in [0.2, 0.25) is 0 Å². The average Bonchev–Trinajstić information content (AvgIpc) is 2.35. The van der Waals surface area contributed by atoms with E-state index in [1.54, 1.807) is 0 Å². The summed E-state index contributed by atoms with van der Waals surface area (Å²) in [5, 5.41) is 0. The van der Waals surface area contributed by atoms with Gasteiger partial charge in [-0.15, -0.1) is 6.08 Å². The second-order valence-corrected chi connectivity index (χ2v) is 4.25. The molecule has 0 radical (unpaired) electrons. The molecule has 0 aromatic carbocycles.